The summed E-state index contributed by atoms with van der Waals surface area (Å²) in [5, 5.41) is 14.7. The number of carbonyl (C=O) groups excluding carboxylic acids is 9. The minimum atomic E-state index is -1.44. The standard InChI is InChI=1S/C55H70N2O14/c1-6-10-50-70-45-28-42-40-17-16-36-26-38(59)22-23-53(36,4)51(40)43(61)29-54(42,5)55(45,71-50)44(62)32-69-49(66)21-20-48(65)68-31-35-14-12-34(13-15-35)25-39(60)30-56-52(67)41(33(2)3)27-37(58)11-8-7-9-24-57-46(63)18-19-47(57)64/h12-15,18-19,22-23,26,33,40-43,45,50-51,61H,6-11,16-17,20-21,24-25,27-32H2,1-5H3,(H,56,67)/t40-,41?,42?,43-,45+,50?,51?,53-,54-,55+/m0/s1. The Morgan fingerprint density at radius 1 is 0.887 bits per heavy atom. The van der Waals surface area contributed by atoms with Gasteiger partial charge in [0.15, 0.2) is 30.1 Å². The number of allylic oxidation sites excluding steroid dienone is 4. The van der Waals surface area contributed by atoms with Crippen LogP contribution in [-0.2, 0) is 75.1 Å². The van der Waals surface area contributed by atoms with E-state index in [1.807, 2.05) is 33.8 Å². The summed E-state index contributed by atoms with van der Waals surface area (Å²) in [6, 6.07) is 6.86. The van der Waals surface area contributed by atoms with Gasteiger partial charge in [0.2, 0.25) is 11.7 Å². The molecule has 1 aromatic rings. The van der Waals surface area contributed by atoms with Gasteiger partial charge in [0.05, 0.1) is 31.6 Å². The number of esters is 2. The minimum absolute atomic E-state index is 0.0295. The van der Waals surface area contributed by atoms with Crippen molar-refractivity contribution in [2.75, 3.05) is 19.7 Å². The van der Waals surface area contributed by atoms with Gasteiger partial charge in [-0.2, -0.15) is 0 Å². The van der Waals surface area contributed by atoms with Crippen molar-refractivity contribution in [3.05, 3.63) is 71.3 Å². The number of imide groups is 1. The van der Waals surface area contributed by atoms with Gasteiger partial charge in [0.1, 0.15) is 12.4 Å². The zero-order valence-electron chi connectivity index (χ0n) is 41.7. The zero-order valence-corrected chi connectivity index (χ0v) is 41.7. The summed E-state index contributed by atoms with van der Waals surface area (Å²) in [6.45, 7) is 9.24. The Balaban J connectivity index is 0.819. The number of Topliss-reactive ketones (excluding diaryl/α,β-unsaturated/α-hetero) is 3. The molecule has 16 heteroatoms. The molecule has 16 nitrogen and oxygen atoms in total. The summed E-state index contributed by atoms with van der Waals surface area (Å²) in [4.78, 5) is 116. The van der Waals surface area contributed by atoms with E-state index >= 15 is 0 Å². The van der Waals surface area contributed by atoms with Gasteiger partial charge in [-0.25, -0.2) is 0 Å². The van der Waals surface area contributed by atoms with Crippen LogP contribution in [0.2, 0.25) is 0 Å². The van der Waals surface area contributed by atoms with Crippen LogP contribution in [0.25, 0.3) is 0 Å². The van der Waals surface area contributed by atoms with Crippen LogP contribution in [0.15, 0.2) is 60.2 Å². The molecule has 3 amide bonds. The molecule has 1 aromatic carbocycles. The first kappa shape index (κ1) is 53.4. The molecule has 4 fully saturated rings. The topological polar surface area (TPSA) is 226 Å². The fraction of sp³-hybridized carbons (Fsp3) is 0.618. The Labute approximate surface area is 415 Å². The maximum atomic E-state index is 14.5. The first-order valence-corrected chi connectivity index (χ1v) is 25.5. The van der Waals surface area contributed by atoms with Crippen LogP contribution < -0.4 is 5.32 Å². The molecule has 71 heavy (non-hydrogen) atoms. The van der Waals surface area contributed by atoms with Crippen molar-refractivity contribution in [2.45, 2.75) is 155 Å². The normalized spacial score (nSPS) is 29.8. The Bertz CT molecular complexity index is 2330. The molecule has 4 unspecified atom stereocenters. The van der Waals surface area contributed by atoms with Crippen LogP contribution >= 0.6 is 0 Å². The number of aliphatic hydroxyl groups is 1. The molecule has 2 N–H and O–H groups in total. The number of hydrogen-bond acceptors (Lipinski definition) is 14. The van der Waals surface area contributed by atoms with Gasteiger partial charge in [-0.1, -0.05) is 83.4 Å². The van der Waals surface area contributed by atoms with E-state index in [0.29, 0.717) is 56.2 Å². The Morgan fingerprint density at radius 3 is 2.27 bits per heavy atom. The molecule has 2 aliphatic heterocycles. The maximum Gasteiger partial charge on any atom is 0.306 e. The molecule has 4 aliphatic carbocycles. The highest BCUT2D eigenvalue weighted by molar-refractivity contribution is 6.12. The molecule has 0 radical (unpaired) electrons. The van der Waals surface area contributed by atoms with Gasteiger partial charge in [0, 0.05) is 60.6 Å². The smallest absolute Gasteiger partial charge is 0.306 e. The van der Waals surface area contributed by atoms with E-state index in [-0.39, 0.29) is 110 Å². The third-order valence-corrected chi connectivity index (χ3v) is 16.2. The maximum absolute atomic E-state index is 14.5. The van der Waals surface area contributed by atoms with E-state index in [9.17, 15) is 48.3 Å². The van der Waals surface area contributed by atoms with Crippen LogP contribution in [0, 0.1) is 40.4 Å². The van der Waals surface area contributed by atoms with Gasteiger partial charge < -0.3 is 29.4 Å². The van der Waals surface area contributed by atoms with Crippen molar-refractivity contribution in [3.8, 4) is 0 Å². The molecule has 7 rings (SSSR count). The van der Waals surface area contributed by atoms with Crippen molar-refractivity contribution >= 4 is 52.8 Å². The predicted octanol–water partition coefficient (Wildman–Crippen LogP) is 5.74. The number of aliphatic hydroxyl groups excluding tert-OH is 1. The lowest BCUT2D eigenvalue weighted by molar-refractivity contribution is -0.201. The van der Waals surface area contributed by atoms with Crippen molar-refractivity contribution in [3.63, 3.8) is 0 Å². The summed E-state index contributed by atoms with van der Waals surface area (Å²) < 4.78 is 24.0. The number of ether oxygens (including phenoxy) is 4. The Morgan fingerprint density at radius 2 is 1.58 bits per heavy atom. The summed E-state index contributed by atoms with van der Waals surface area (Å²) in [5.74, 6) is -4.06. The third-order valence-electron chi connectivity index (χ3n) is 16.2. The number of hydrogen-bond donors (Lipinski definition) is 2. The van der Waals surface area contributed by atoms with Gasteiger partial charge in [0.25, 0.3) is 11.8 Å². The molecule has 0 aromatic heterocycles. The van der Waals surface area contributed by atoms with Crippen molar-refractivity contribution < 1.29 is 67.2 Å². The molecule has 3 saturated carbocycles. The van der Waals surface area contributed by atoms with Gasteiger partial charge in [-0.15, -0.1) is 0 Å². The lowest BCUT2D eigenvalue weighted by atomic mass is 9.46. The van der Waals surface area contributed by atoms with Crippen LogP contribution in [0.3, 0.4) is 0 Å². The van der Waals surface area contributed by atoms with Crippen molar-refractivity contribution in [1.82, 2.24) is 10.2 Å². The zero-order chi connectivity index (χ0) is 51.3. The largest absolute Gasteiger partial charge is 0.461 e. The molecule has 1 saturated heterocycles. The van der Waals surface area contributed by atoms with Gasteiger partial charge in [-0.3, -0.25) is 48.1 Å². The SMILES string of the molecule is CCCC1O[C@@H]2CC3[C@@H]4CCC5=CC(=O)C=C[C@]5(C)C4[C@@H](O)C[C@]3(C)[C@]2(C(=O)COC(=O)CCC(=O)OCc2ccc(CC(=O)CNC(=O)C(CC(=O)CCCCCN3C(=O)C=CC3=O)C(C)C)cc2)O1. The third kappa shape index (κ3) is 11.4. The van der Waals surface area contributed by atoms with Crippen LogP contribution in [0.4, 0.5) is 0 Å². The van der Waals surface area contributed by atoms with E-state index in [4.69, 9.17) is 18.9 Å². The highest BCUT2D eigenvalue weighted by atomic mass is 16.7. The lowest BCUT2D eigenvalue weighted by Crippen LogP contribution is -2.63. The summed E-state index contributed by atoms with van der Waals surface area (Å²) in [5.41, 5.74) is -0.382. The molecular formula is C55H70N2O14. The van der Waals surface area contributed by atoms with E-state index in [2.05, 4.69) is 12.2 Å². The van der Waals surface area contributed by atoms with Gasteiger partial charge >= 0.3 is 11.9 Å². The van der Waals surface area contributed by atoms with Crippen molar-refractivity contribution in [2.24, 2.45) is 40.4 Å². The molecular weight excluding hydrogens is 913 g/mol. The first-order chi connectivity index (χ1) is 33.8. The average molecular weight is 983 g/mol. The highest BCUT2D eigenvalue weighted by Gasteiger charge is 2.76. The Hall–Kier alpha value is -5.45. The molecule has 2 heterocycles. The first-order valence-electron chi connectivity index (χ1n) is 25.5. The summed E-state index contributed by atoms with van der Waals surface area (Å²) >= 11 is 0. The monoisotopic (exact) mass is 982 g/mol. The van der Waals surface area contributed by atoms with E-state index in [1.165, 1.54) is 17.1 Å². The van der Waals surface area contributed by atoms with Crippen molar-refractivity contribution in [1.29, 1.82) is 0 Å². The van der Waals surface area contributed by atoms with E-state index in [1.54, 1.807) is 36.4 Å². The number of benzene rings is 1. The van der Waals surface area contributed by atoms with E-state index < -0.39 is 65.2 Å². The second-order valence-corrected chi connectivity index (χ2v) is 21.2. The average Bonchev–Trinajstić information content (AvgIpc) is 3.94. The summed E-state index contributed by atoms with van der Waals surface area (Å²) in [7, 11) is 0. The fourth-order valence-corrected chi connectivity index (χ4v) is 12.5. The molecule has 384 valence electrons. The number of ketones is 4. The lowest BCUT2D eigenvalue weighted by Gasteiger charge is -2.59. The van der Waals surface area contributed by atoms with Crippen LogP contribution in [0.1, 0.15) is 129 Å². The van der Waals surface area contributed by atoms with Gasteiger partial charge in [-0.05, 0) is 86.0 Å². The number of amides is 3. The number of carbonyl (C=O) groups is 9. The number of nitrogens with zero attached hydrogens (tertiary/aromatic N) is 1. The quantitative estimate of drug-likeness (QED) is 0.0717. The highest BCUT2D eigenvalue weighted by Crippen LogP contribution is 2.69. The number of unbranched alkanes of at least 4 members (excludes halogenated alkanes) is 2. The molecule has 6 aliphatic rings. The number of nitrogens with one attached hydrogen (secondary N) is 1. The predicted molar refractivity (Wildman–Crippen MR) is 256 cm³/mol. The van der Waals surface area contributed by atoms with Crippen LogP contribution in [-0.4, -0.2) is 107 Å². The number of rotatable bonds is 24. The second-order valence-electron chi connectivity index (χ2n) is 21.2. The fourth-order valence-electron chi connectivity index (χ4n) is 12.5. The minimum Gasteiger partial charge on any atom is -0.461 e. The molecule has 0 spiro atoms. The molecule has 10 atom stereocenters. The number of fused-ring (bicyclic) bond motifs is 7. The second kappa shape index (κ2) is 22.5. The summed E-state index contributed by atoms with van der Waals surface area (Å²) in [6.07, 6.45) is 11.0. The van der Waals surface area contributed by atoms with E-state index in [0.717, 1.165) is 18.4 Å². The van der Waals surface area contributed by atoms with Crippen LogP contribution in [0.5, 0.6) is 0 Å². The Kier molecular flexibility index (Phi) is 16.9. The molecule has 0 bridgehead atoms.